The van der Waals surface area contributed by atoms with Crippen LogP contribution in [-0.4, -0.2) is 26.1 Å². The number of halogens is 2. The van der Waals surface area contributed by atoms with Gasteiger partial charge in [-0.15, -0.1) is 9.90 Å². The highest BCUT2D eigenvalue weighted by molar-refractivity contribution is 6.34. The Kier molecular flexibility index (Phi) is 3.04. The molecule has 0 amide bonds. The standard InChI is InChI=1S/C10H7Cl2N3O2/c1-5-9(10(16)17)14-15(13-5)8-4-6(11)2-3-7(8)12/h2-4H,1H3,(H,16,17). The minimum Gasteiger partial charge on any atom is -0.476 e. The lowest BCUT2D eigenvalue weighted by Crippen LogP contribution is -2.03. The van der Waals surface area contributed by atoms with Gasteiger partial charge in [-0.25, -0.2) is 4.79 Å². The number of aromatic nitrogens is 3. The Morgan fingerprint density at radius 3 is 2.65 bits per heavy atom. The quantitative estimate of drug-likeness (QED) is 0.912. The lowest BCUT2D eigenvalue weighted by molar-refractivity contribution is 0.0689. The average Bonchev–Trinajstić information content (AvgIpc) is 2.64. The molecule has 7 heteroatoms. The first-order chi connectivity index (χ1) is 7.99. The van der Waals surface area contributed by atoms with Gasteiger partial charge in [-0.2, -0.15) is 5.10 Å². The number of aromatic carboxylic acids is 1. The van der Waals surface area contributed by atoms with Crippen molar-refractivity contribution in [2.24, 2.45) is 0 Å². The molecular weight excluding hydrogens is 265 g/mol. The molecule has 0 aliphatic rings. The molecule has 0 aliphatic carbocycles. The second-order valence-electron chi connectivity index (χ2n) is 3.32. The predicted octanol–water partition coefficient (Wildman–Crippen LogP) is 2.58. The van der Waals surface area contributed by atoms with E-state index in [1.54, 1.807) is 25.1 Å². The number of carboxylic acid groups (broad SMARTS) is 1. The van der Waals surface area contributed by atoms with Gasteiger partial charge in [0.25, 0.3) is 0 Å². The summed E-state index contributed by atoms with van der Waals surface area (Å²) in [5, 5.41) is 17.6. The van der Waals surface area contributed by atoms with Crippen LogP contribution in [0.5, 0.6) is 0 Å². The molecule has 0 saturated heterocycles. The molecule has 0 saturated carbocycles. The van der Waals surface area contributed by atoms with Crippen LogP contribution >= 0.6 is 23.2 Å². The highest BCUT2D eigenvalue weighted by atomic mass is 35.5. The van der Waals surface area contributed by atoms with Crippen LogP contribution in [0.15, 0.2) is 18.2 Å². The van der Waals surface area contributed by atoms with Gasteiger partial charge >= 0.3 is 5.97 Å². The Bertz CT molecular complexity index is 595. The van der Waals surface area contributed by atoms with Gasteiger partial charge in [0.2, 0.25) is 0 Å². The molecule has 0 fully saturated rings. The topological polar surface area (TPSA) is 68.0 Å². The zero-order valence-corrected chi connectivity index (χ0v) is 10.2. The van der Waals surface area contributed by atoms with Crippen LogP contribution in [0.4, 0.5) is 0 Å². The highest BCUT2D eigenvalue weighted by Gasteiger charge is 2.16. The monoisotopic (exact) mass is 271 g/mol. The molecule has 17 heavy (non-hydrogen) atoms. The summed E-state index contributed by atoms with van der Waals surface area (Å²) in [4.78, 5) is 12.0. The van der Waals surface area contributed by atoms with Crippen LogP contribution in [0.3, 0.4) is 0 Å². The largest absolute Gasteiger partial charge is 0.476 e. The van der Waals surface area contributed by atoms with E-state index in [1.807, 2.05) is 0 Å². The fourth-order valence-corrected chi connectivity index (χ4v) is 1.68. The fourth-order valence-electron chi connectivity index (χ4n) is 1.32. The number of hydrogen-bond donors (Lipinski definition) is 1. The summed E-state index contributed by atoms with van der Waals surface area (Å²) < 4.78 is 0. The molecule has 88 valence electrons. The predicted molar refractivity (Wildman–Crippen MR) is 63.1 cm³/mol. The Hall–Kier alpha value is -1.59. The van der Waals surface area contributed by atoms with Crippen molar-refractivity contribution in [2.45, 2.75) is 6.92 Å². The number of carboxylic acids is 1. The fraction of sp³-hybridized carbons (Fsp3) is 0.100. The van der Waals surface area contributed by atoms with Crippen LogP contribution < -0.4 is 0 Å². The van der Waals surface area contributed by atoms with Crippen LogP contribution in [0.1, 0.15) is 16.2 Å². The molecule has 0 spiro atoms. The molecule has 0 unspecified atom stereocenters. The molecule has 1 aromatic carbocycles. The Morgan fingerprint density at radius 2 is 2.06 bits per heavy atom. The van der Waals surface area contributed by atoms with Crippen molar-refractivity contribution in [2.75, 3.05) is 0 Å². The molecule has 2 aromatic rings. The number of aryl methyl sites for hydroxylation is 1. The maximum Gasteiger partial charge on any atom is 0.358 e. The van der Waals surface area contributed by atoms with Crippen LogP contribution in [0.2, 0.25) is 10.0 Å². The minimum absolute atomic E-state index is 0.110. The number of rotatable bonds is 2. The van der Waals surface area contributed by atoms with Crippen LogP contribution in [0.25, 0.3) is 5.69 Å². The molecule has 0 radical (unpaired) electrons. The van der Waals surface area contributed by atoms with E-state index in [2.05, 4.69) is 10.2 Å². The van der Waals surface area contributed by atoms with E-state index in [4.69, 9.17) is 28.3 Å². The van der Waals surface area contributed by atoms with E-state index in [0.717, 1.165) is 4.80 Å². The summed E-state index contributed by atoms with van der Waals surface area (Å²) in [5.74, 6) is -1.13. The summed E-state index contributed by atoms with van der Waals surface area (Å²) in [6.45, 7) is 1.56. The van der Waals surface area contributed by atoms with Crippen molar-refractivity contribution in [1.29, 1.82) is 0 Å². The van der Waals surface area contributed by atoms with E-state index < -0.39 is 5.97 Å². The SMILES string of the molecule is Cc1nn(-c2cc(Cl)ccc2Cl)nc1C(=O)O. The molecular formula is C10H7Cl2N3O2. The zero-order valence-electron chi connectivity index (χ0n) is 8.69. The first-order valence-electron chi connectivity index (χ1n) is 4.61. The number of benzene rings is 1. The zero-order chi connectivity index (χ0) is 12.6. The normalized spacial score (nSPS) is 10.5. The maximum atomic E-state index is 10.8. The maximum absolute atomic E-state index is 10.8. The summed E-state index contributed by atoms with van der Waals surface area (Å²) in [6, 6.07) is 4.79. The molecule has 1 aromatic heterocycles. The molecule has 1 heterocycles. The highest BCUT2D eigenvalue weighted by Crippen LogP contribution is 2.23. The van der Waals surface area contributed by atoms with Gasteiger partial charge in [0, 0.05) is 5.02 Å². The number of nitrogens with zero attached hydrogens (tertiary/aromatic N) is 3. The van der Waals surface area contributed by atoms with E-state index >= 15 is 0 Å². The summed E-state index contributed by atoms with van der Waals surface area (Å²) >= 11 is 11.8. The molecule has 0 atom stereocenters. The van der Waals surface area contributed by atoms with Crippen molar-refractivity contribution in [3.8, 4) is 5.69 Å². The van der Waals surface area contributed by atoms with E-state index in [-0.39, 0.29) is 5.69 Å². The van der Waals surface area contributed by atoms with Gasteiger partial charge in [0.05, 0.1) is 10.7 Å². The third-order valence-electron chi connectivity index (χ3n) is 2.11. The number of hydrogen-bond acceptors (Lipinski definition) is 3. The smallest absolute Gasteiger partial charge is 0.358 e. The van der Waals surface area contributed by atoms with Gasteiger partial charge in [0.15, 0.2) is 5.69 Å². The first kappa shape index (κ1) is 11.9. The third kappa shape index (κ3) is 2.25. The van der Waals surface area contributed by atoms with E-state index in [1.165, 1.54) is 0 Å². The van der Waals surface area contributed by atoms with Crippen molar-refractivity contribution in [3.63, 3.8) is 0 Å². The lowest BCUT2D eigenvalue weighted by Gasteiger charge is -2.02. The summed E-state index contributed by atoms with van der Waals surface area (Å²) in [5.41, 5.74) is 0.643. The van der Waals surface area contributed by atoms with Crippen molar-refractivity contribution in [1.82, 2.24) is 15.0 Å². The van der Waals surface area contributed by atoms with Gasteiger partial charge in [-0.3, -0.25) is 0 Å². The molecule has 0 bridgehead atoms. The van der Waals surface area contributed by atoms with Crippen LogP contribution in [0, 0.1) is 6.92 Å². The minimum atomic E-state index is -1.13. The van der Waals surface area contributed by atoms with E-state index in [0.29, 0.717) is 21.4 Å². The number of carbonyl (C=O) groups is 1. The molecule has 5 nitrogen and oxygen atoms in total. The Morgan fingerprint density at radius 1 is 1.35 bits per heavy atom. The summed E-state index contributed by atoms with van der Waals surface area (Å²) in [7, 11) is 0. The summed E-state index contributed by atoms with van der Waals surface area (Å²) in [6.07, 6.45) is 0. The van der Waals surface area contributed by atoms with Crippen molar-refractivity contribution in [3.05, 3.63) is 39.6 Å². The van der Waals surface area contributed by atoms with Gasteiger partial charge in [0.1, 0.15) is 5.69 Å². The molecule has 1 N–H and O–H groups in total. The average molecular weight is 272 g/mol. The second kappa shape index (κ2) is 4.35. The van der Waals surface area contributed by atoms with Crippen molar-refractivity contribution >= 4 is 29.2 Å². The van der Waals surface area contributed by atoms with Gasteiger partial charge < -0.3 is 5.11 Å². The second-order valence-corrected chi connectivity index (χ2v) is 4.17. The lowest BCUT2D eigenvalue weighted by atomic mass is 10.3. The first-order valence-corrected chi connectivity index (χ1v) is 5.37. The van der Waals surface area contributed by atoms with E-state index in [9.17, 15) is 4.79 Å². The van der Waals surface area contributed by atoms with Crippen molar-refractivity contribution < 1.29 is 9.90 Å². The van der Waals surface area contributed by atoms with Crippen LogP contribution in [-0.2, 0) is 0 Å². The molecule has 0 aliphatic heterocycles. The van der Waals surface area contributed by atoms with Gasteiger partial charge in [-0.1, -0.05) is 23.2 Å². The third-order valence-corrected chi connectivity index (χ3v) is 2.66. The Balaban J connectivity index is 2.57. The Labute approximate surface area is 107 Å². The molecule has 2 rings (SSSR count). The van der Waals surface area contributed by atoms with Gasteiger partial charge in [-0.05, 0) is 25.1 Å².